The Bertz CT molecular complexity index is 1500. The lowest BCUT2D eigenvalue weighted by Gasteiger charge is -2.33. The molecule has 0 bridgehead atoms. The van der Waals surface area contributed by atoms with Crippen LogP contribution >= 0.6 is 11.7 Å². The lowest BCUT2D eigenvalue weighted by Crippen LogP contribution is -2.50. The first-order valence-electron chi connectivity index (χ1n) is 10.8. The van der Waals surface area contributed by atoms with E-state index in [0.717, 1.165) is 28.5 Å². The van der Waals surface area contributed by atoms with Crippen molar-refractivity contribution in [2.75, 3.05) is 26.2 Å². The number of fused-ring (bicyclic) bond motifs is 1. The van der Waals surface area contributed by atoms with Crippen molar-refractivity contribution in [1.29, 1.82) is 0 Å². The van der Waals surface area contributed by atoms with Gasteiger partial charge in [-0.3, -0.25) is 4.79 Å². The first-order chi connectivity index (χ1) is 16.3. The van der Waals surface area contributed by atoms with E-state index < -0.39 is 10.0 Å². The number of piperazine rings is 1. The van der Waals surface area contributed by atoms with E-state index in [1.807, 2.05) is 32.0 Å². The van der Waals surface area contributed by atoms with Crippen LogP contribution in [0.1, 0.15) is 27.3 Å². The SMILES string of the molecule is Cc1ccc(-n2nc(C)c(C(=O)N3CCN(S(=O)(=O)c4cccc5nsnc45)CC3)n2)c(C)c1. The summed E-state index contributed by atoms with van der Waals surface area (Å²) >= 11 is 0.984. The number of rotatable bonds is 4. The largest absolute Gasteiger partial charge is 0.335 e. The third-order valence-corrected chi connectivity index (χ3v) is 8.42. The molecule has 0 radical (unpaired) electrons. The molecule has 5 rings (SSSR count). The van der Waals surface area contributed by atoms with Gasteiger partial charge in [-0.2, -0.15) is 22.9 Å². The van der Waals surface area contributed by atoms with E-state index in [4.69, 9.17) is 0 Å². The van der Waals surface area contributed by atoms with Gasteiger partial charge in [0.15, 0.2) is 5.69 Å². The van der Waals surface area contributed by atoms with Crippen molar-refractivity contribution in [3.8, 4) is 5.69 Å². The normalized spacial score (nSPS) is 15.2. The summed E-state index contributed by atoms with van der Waals surface area (Å²) in [6, 6.07) is 10.9. The molecule has 0 unspecified atom stereocenters. The van der Waals surface area contributed by atoms with Crippen LogP contribution in [-0.4, -0.2) is 73.5 Å². The quantitative estimate of drug-likeness (QED) is 0.425. The second kappa shape index (κ2) is 8.53. The highest BCUT2D eigenvalue weighted by molar-refractivity contribution is 7.89. The monoisotopic (exact) mass is 497 g/mol. The van der Waals surface area contributed by atoms with E-state index >= 15 is 0 Å². The summed E-state index contributed by atoms with van der Waals surface area (Å²) in [6.45, 7) is 6.65. The van der Waals surface area contributed by atoms with E-state index in [-0.39, 0.29) is 42.7 Å². The molecule has 1 aliphatic heterocycles. The van der Waals surface area contributed by atoms with Crippen LogP contribution in [0.15, 0.2) is 41.3 Å². The predicted octanol–water partition coefficient (Wildman–Crippen LogP) is 2.34. The minimum atomic E-state index is -3.75. The van der Waals surface area contributed by atoms with Crippen molar-refractivity contribution >= 4 is 38.7 Å². The molecule has 1 fully saturated rings. The number of amides is 1. The van der Waals surface area contributed by atoms with E-state index in [2.05, 4.69) is 18.9 Å². The van der Waals surface area contributed by atoms with Gasteiger partial charge < -0.3 is 4.90 Å². The molecule has 4 aromatic rings. The van der Waals surface area contributed by atoms with E-state index in [9.17, 15) is 13.2 Å². The fourth-order valence-corrected chi connectivity index (χ4v) is 6.30. The van der Waals surface area contributed by atoms with Gasteiger partial charge in [0.05, 0.1) is 23.1 Å². The topological polar surface area (TPSA) is 114 Å². The van der Waals surface area contributed by atoms with Crippen LogP contribution < -0.4 is 0 Å². The summed E-state index contributed by atoms with van der Waals surface area (Å²) in [4.78, 5) is 16.5. The summed E-state index contributed by atoms with van der Waals surface area (Å²) in [5.41, 5.74) is 4.70. The average Bonchev–Trinajstić information content (AvgIpc) is 3.45. The van der Waals surface area contributed by atoms with Crippen molar-refractivity contribution in [1.82, 2.24) is 32.9 Å². The highest BCUT2D eigenvalue weighted by Crippen LogP contribution is 2.25. The van der Waals surface area contributed by atoms with Gasteiger partial charge in [0.1, 0.15) is 15.9 Å². The molecular weight excluding hydrogens is 474 g/mol. The minimum absolute atomic E-state index is 0.144. The molecule has 1 amide bonds. The molecule has 0 N–H and O–H groups in total. The van der Waals surface area contributed by atoms with Crippen molar-refractivity contribution in [2.45, 2.75) is 25.7 Å². The molecule has 0 spiro atoms. The fourth-order valence-electron chi connectivity index (χ4n) is 4.12. The summed E-state index contributed by atoms with van der Waals surface area (Å²) in [5.74, 6) is -0.253. The van der Waals surface area contributed by atoms with Crippen molar-refractivity contribution in [3.63, 3.8) is 0 Å². The number of benzene rings is 2. The number of carbonyl (C=O) groups is 1. The molecule has 10 nitrogen and oxygen atoms in total. The molecule has 0 atom stereocenters. The Kier molecular flexibility index (Phi) is 5.66. The van der Waals surface area contributed by atoms with Crippen LogP contribution in [0.2, 0.25) is 0 Å². The van der Waals surface area contributed by atoms with E-state index in [0.29, 0.717) is 16.7 Å². The van der Waals surface area contributed by atoms with Crippen LogP contribution in [0.5, 0.6) is 0 Å². The summed E-state index contributed by atoms with van der Waals surface area (Å²) in [7, 11) is -3.75. The Morgan fingerprint density at radius 2 is 1.74 bits per heavy atom. The number of aromatic nitrogens is 5. The van der Waals surface area contributed by atoms with E-state index in [1.54, 1.807) is 30.0 Å². The Labute approximate surface area is 201 Å². The third-order valence-electron chi connectivity index (χ3n) is 5.95. The number of aryl methyl sites for hydroxylation is 3. The van der Waals surface area contributed by atoms with Gasteiger partial charge in [-0.05, 0) is 44.5 Å². The van der Waals surface area contributed by atoms with Crippen molar-refractivity contribution < 1.29 is 13.2 Å². The van der Waals surface area contributed by atoms with Gasteiger partial charge in [-0.1, -0.05) is 23.8 Å². The summed E-state index contributed by atoms with van der Waals surface area (Å²) in [6.07, 6.45) is 0. The number of hydrogen-bond acceptors (Lipinski definition) is 8. The molecule has 2 aromatic heterocycles. The van der Waals surface area contributed by atoms with Crippen LogP contribution in [-0.2, 0) is 10.0 Å². The van der Waals surface area contributed by atoms with Crippen molar-refractivity contribution in [3.05, 3.63) is 58.9 Å². The highest BCUT2D eigenvalue weighted by Gasteiger charge is 2.33. The molecule has 34 heavy (non-hydrogen) atoms. The van der Waals surface area contributed by atoms with Gasteiger partial charge in [-0.25, -0.2) is 8.42 Å². The standard InChI is InChI=1S/C22H23N7O3S2/c1-14-7-8-18(15(2)13-14)29-23-16(3)20(24-29)22(30)27-9-11-28(12-10-27)34(31,32)19-6-4-5-17-21(19)26-33-25-17/h4-8,13H,9-12H2,1-3H3. The van der Waals surface area contributed by atoms with Gasteiger partial charge in [0.2, 0.25) is 10.0 Å². The van der Waals surface area contributed by atoms with Gasteiger partial charge in [0, 0.05) is 26.2 Å². The lowest BCUT2D eigenvalue weighted by atomic mass is 10.1. The molecule has 176 valence electrons. The van der Waals surface area contributed by atoms with Crippen LogP contribution in [0.3, 0.4) is 0 Å². The zero-order valence-corrected chi connectivity index (χ0v) is 20.6. The van der Waals surface area contributed by atoms with Crippen LogP contribution in [0.25, 0.3) is 16.7 Å². The van der Waals surface area contributed by atoms with Crippen molar-refractivity contribution in [2.24, 2.45) is 0 Å². The highest BCUT2D eigenvalue weighted by atomic mass is 32.2. The molecule has 2 aromatic carbocycles. The molecule has 0 saturated carbocycles. The predicted molar refractivity (Wildman–Crippen MR) is 128 cm³/mol. The number of sulfonamides is 1. The molecule has 12 heteroatoms. The second-order valence-electron chi connectivity index (χ2n) is 8.30. The fraction of sp³-hybridized carbons (Fsp3) is 0.318. The van der Waals surface area contributed by atoms with Gasteiger partial charge >= 0.3 is 0 Å². The maximum atomic E-state index is 13.2. The summed E-state index contributed by atoms with van der Waals surface area (Å²) < 4.78 is 36.2. The number of carbonyl (C=O) groups excluding carboxylic acids is 1. The zero-order valence-electron chi connectivity index (χ0n) is 19.0. The zero-order chi connectivity index (χ0) is 24.0. The van der Waals surface area contributed by atoms with E-state index in [1.165, 1.54) is 9.10 Å². The molecule has 1 aliphatic rings. The Hall–Kier alpha value is -3.22. The third kappa shape index (κ3) is 3.87. The van der Waals surface area contributed by atoms with Crippen LogP contribution in [0.4, 0.5) is 0 Å². The number of nitrogens with zero attached hydrogens (tertiary/aromatic N) is 7. The maximum Gasteiger partial charge on any atom is 0.276 e. The van der Waals surface area contributed by atoms with Gasteiger partial charge in [-0.15, -0.1) is 5.10 Å². The molecule has 1 saturated heterocycles. The molecule has 3 heterocycles. The molecular formula is C22H23N7O3S2. The van der Waals surface area contributed by atoms with Gasteiger partial charge in [0.25, 0.3) is 5.91 Å². The number of hydrogen-bond donors (Lipinski definition) is 0. The first-order valence-corrected chi connectivity index (χ1v) is 12.9. The minimum Gasteiger partial charge on any atom is -0.335 e. The smallest absolute Gasteiger partial charge is 0.276 e. The second-order valence-corrected chi connectivity index (χ2v) is 10.7. The Morgan fingerprint density at radius 1 is 0.971 bits per heavy atom. The lowest BCUT2D eigenvalue weighted by molar-refractivity contribution is 0.0690. The Balaban J connectivity index is 1.33. The average molecular weight is 498 g/mol. The first kappa shape index (κ1) is 22.6. The molecule has 0 aliphatic carbocycles. The maximum absolute atomic E-state index is 13.2. The summed E-state index contributed by atoms with van der Waals surface area (Å²) in [5, 5.41) is 8.90. The van der Waals surface area contributed by atoms with Crippen LogP contribution in [0, 0.1) is 20.8 Å². The Morgan fingerprint density at radius 3 is 2.47 bits per heavy atom.